The Morgan fingerprint density at radius 3 is 2.72 bits per heavy atom. The number of nitro benzene ring substituents is 1. The molecular formula is C12H12ClN3O2. The molecule has 94 valence electrons. The number of nitrogens with zero attached hydrogens (tertiary/aromatic N) is 3. The Kier molecular flexibility index (Phi) is 3.34. The summed E-state index contributed by atoms with van der Waals surface area (Å²) < 4.78 is 0. The molecule has 1 aliphatic heterocycles. The van der Waals surface area contributed by atoms with Crippen LogP contribution in [0.1, 0.15) is 13.8 Å². The van der Waals surface area contributed by atoms with Gasteiger partial charge in [-0.2, -0.15) is 5.10 Å². The van der Waals surface area contributed by atoms with Crippen LogP contribution in [0.25, 0.3) is 0 Å². The molecule has 5 nitrogen and oxygen atoms in total. The molecule has 0 aliphatic carbocycles. The van der Waals surface area contributed by atoms with Crippen LogP contribution in [0.3, 0.4) is 0 Å². The molecule has 2 rings (SSSR count). The number of anilines is 1. The van der Waals surface area contributed by atoms with E-state index in [1.807, 2.05) is 19.9 Å². The Morgan fingerprint density at radius 1 is 1.44 bits per heavy atom. The fourth-order valence-corrected chi connectivity index (χ4v) is 2.12. The molecule has 0 bridgehead atoms. The van der Waals surface area contributed by atoms with Gasteiger partial charge >= 0.3 is 0 Å². The second-order valence-electron chi connectivity index (χ2n) is 4.18. The van der Waals surface area contributed by atoms with Crippen molar-refractivity contribution in [2.75, 3.05) is 11.6 Å². The van der Waals surface area contributed by atoms with Gasteiger partial charge in [0.2, 0.25) is 0 Å². The Hall–Kier alpha value is -1.88. The summed E-state index contributed by atoms with van der Waals surface area (Å²) in [5.41, 5.74) is 2.70. The SMILES string of the molecule is CC1=CC(C)=NN(c2ccc([N+](=O)[O-])cc2Cl)C1. The minimum absolute atomic E-state index is 0.0197. The molecule has 0 unspecified atom stereocenters. The minimum Gasteiger partial charge on any atom is -0.260 e. The first-order valence-corrected chi connectivity index (χ1v) is 5.79. The lowest BCUT2D eigenvalue weighted by molar-refractivity contribution is -0.384. The number of hydrazone groups is 1. The molecule has 1 aliphatic rings. The number of hydrogen-bond donors (Lipinski definition) is 0. The summed E-state index contributed by atoms with van der Waals surface area (Å²) in [5.74, 6) is 0. The van der Waals surface area contributed by atoms with E-state index in [0.29, 0.717) is 17.3 Å². The monoisotopic (exact) mass is 265 g/mol. The predicted octanol–water partition coefficient (Wildman–Crippen LogP) is 3.39. The summed E-state index contributed by atoms with van der Waals surface area (Å²) in [6.07, 6.45) is 2.00. The second-order valence-corrected chi connectivity index (χ2v) is 4.59. The highest BCUT2D eigenvalue weighted by molar-refractivity contribution is 6.33. The van der Waals surface area contributed by atoms with Gasteiger partial charge in [-0.1, -0.05) is 17.2 Å². The Bertz CT molecular complexity index is 566. The van der Waals surface area contributed by atoms with Crippen molar-refractivity contribution >= 4 is 28.7 Å². The summed E-state index contributed by atoms with van der Waals surface area (Å²) in [7, 11) is 0. The fraction of sp³-hybridized carbons (Fsp3) is 0.250. The lowest BCUT2D eigenvalue weighted by Crippen LogP contribution is -2.24. The average Bonchev–Trinajstić information content (AvgIpc) is 2.27. The molecule has 0 atom stereocenters. The van der Waals surface area contributed by atoms with Crippen LogP contribution in [0.5, 0.6) is 0 Å². The topological polar surface area (TPSA) is 58.7 Å². The number of nitro groups is 1. The highest BCUT2D eigenvalue weighted by atomic mass is 35.5. The van der Waals surface area contributed by atoms with Gasteiger partial charge in [0.05, 0.1) is 27.9 Å². The minimum atomic E-state index is -0.467. The third-order valence-electron chi connectivity index (χ3n) is 2.55. The maximum absolute atomic E-state index is 10.6. The first kappa shape index (κ1) is 12.6. The van der Waals surface area contributed by atoms with E-state index in [1.165, 1.54) is 12.1 Å². The largest absolute Gasteiger partial charge is 0.271 e. The van der Waals surface area contributed by atoms with Crippen LogP contribution in [-0.4, -0.2) is 17.2 Å². The zero-order valence-electron chi connectivity index (χ0n) is 10.1. The van der Waals surface area contributed by atoms with Crippen molar-refractivity contribution in [1.29, 1.82) is 0 Å². The molecule has 0 amide bonds. The van der Waals surface area contributed by atoms with Gasteiger partial charge in [-0.15, -0.1) is 0 Å². The molecule has 0 spiro atoms. The second kappa shape index (κ2) is 4.78. The lowest BCUT2D eigenvalue weighted by Gasteiger charge is -2.24. The Balaban J connectivity index is 2.36. The number of halogens is 1. The number of non-ortho nitro benzene ring substituents is 1. The molecule has 0 saturated carbocycles. The highest BCUT2D eigenvalue weighted by Gasteiger charge is 2.16. The summed E-state index contributed by atoms with van der Waals surface area (Å²) in [6.45, 7) is 4.54. The molecule has 0 saturated heterocycles. The summed E-state index contributed by atoms with van der Waals surface area (Å²) >= 11 is 6.07. The van der Waals surface area contributed by atoms with E-state index in [1.54, 1.807) is 11.1 Å². The van der Waals surface area contributed by atoms with Gasteiger partial charge in [0.1, 0.15) is 0 Å². The molecule has 6 heteroatoms. The van der Waals surface area contributed by atoms with Crippen LogP contribution in [0.4, 0.5) is 11.4 Å². The van der Waals surface area contributed by atoms with Crippen LogP contribution in [-0.2, 0) is 0 Å². The van der Waals surface area contributed by atoms with Crippen molar-refractivity contribution in [3.63, 3.8) is 0 Å². The van der Waals surface area contributed by atoms with Crippen molar-refractivity contribution in [3.05, 3.63) is 45.0 Å². The maximum atomic E-state index is 10.6. The van der Waals surface area contributed by atoms with Crippen molar-refractivity contribution in [2.45, 2.75) is 13.8 Å². The molecule has 0 aromatic heterocycles. The zero-order valence-corrected chi connectivity index (χ0v) is 10.8. The predicted molar refractivity (Wildman–Crippen MR) is 72.3 cm³/mol. The van der Waals surface area contributed by atoms with E-state index in [9.17, 15) is 10.1 Å². The van der Waals surface area contributed by atoms with Crippen LogP contribution < -0.4 is 5.01 Å². The van der Waals surface area contributed by atoms with E-state index >= 15 is 0 Å². The van der Waals surface area contributed by atoms with Gasteiger partial charge in [0, 0.05) is 12.1 Å². The molecule has 18 heavy (non-hydrogen) atoms. The number of benzene rings is 1. The van der Waals surface area contributed by atoms with Gasteiger partial charge in [-0.25, -0.2) is 0 Å². The van der Waals surface area contributed by atoms with Crippen molar-refractivity contribution in [1.82, 2.24) is 0 Å². The van der Waals surface area contributed by atoms with Gasteiger partial charge in [0.25, 0.3) is 5.69 Å². The summed E-state index contributed by atoms with van der Waals surface area (Å²) in [6, 6.07) is 4.39. The lowest BCUT2D eigenvalue weighted by atomic mass is 10.2. The number of hydrogen-bond acceptors (Lipinski definition) is 4. The third kappa shape index (κ3) is 2.51. The fourth-order valence-electron chi connectivity index (χ4n) is 1.85. The zero-order chi connectivity index (χ0) is 13.3. The van der Waals surface area contributed by atoms with Crippen molar-refractivity contribution in [3.8, 4) is 0 Å². The van der Waals surface area contributed by atoms with E-state index in [0.717, 1.165) is 11.3 Å². The Labute approximate surface area is 110 Å². The van der Waals surface area contributed by atoms with Crippen molar-refractivity contribution in [2.24, 2.45) is 5.10 Å². The van der Waals surface area contributed by atoms with Crippen LogP contribution in [0.15, 0.2) is 34.9 Å². The van der Waals surface area contributed by atoms with Gasteiger partial charge in [-0.3, -0.25) is 15.1 Å². The molecule has 1 aromatic rings. The number of allylic oxidation sites excluding steroid dienone is 1. The number of rotatable bonds is 2. The van der Waals surface area contributed by atoms with Crippen LogP contribution in [0, 0.1) is 10.1 Å². The van der Waals surface area contributed by atoms with E-state index in [-0.39, 0.29) is 5.69 Å². The van der Waals surface area contributed by atoms with Gasteiger partial charge in [-0.05, 0) is 26.0 Å². The molecule has 0 fully saturated rings. The van der Waals surface area contributed by atoms with Gasteiger partial charge in [0.15, 0.2) is 0 Å². The van der Waals surface area contributed by atoms with E-state index in [4.69, 9.17) is 11.6 Å². The maximum Gasteiger partial charge on any atom is 0.271 e. The van der Waals surface area contributed by atoms with Crippen LogP contribution >= 0.6 is 11.6 Å². The average molecular weight is 266 g/mol. The normalized spacial score (nSPS) is 15.2. The standard InChI is InChI=1S/C12H12ClN3O2/c1-8-5-9(2)14-15(7-8)12-4-3-10(16(17)18)6-11(12)13/h3-6H,7H2,1-2H3. The quantitative estimate of drug-likeness (QED) is 0.608. The molecule has 1 aromatic carbocycles. The molecule has 0 radical (unpaired) electrons. The molecule has 0 N–H and O–H groups in total. The molecule has 1 heterocycles. The first-order valence-electron chi connectivity index (χ1n) is 5.41. The van der Waals surface area contributed by atoms with E-state index in [2.05, 4.69) is 5.10 Å². The smallest absolute Gasteiger partial charge is 0.260 e. The van der Waals surface area contributed by atoms with Crippen molar-refractivity contribution < 1.29 is 4.92 Å². The van der Waals surface area contributed by atoms with Gasteiger partial charge < -0.3 is 0 Å². The highest BCUT2D eigenvalue weighted by Crippen LogP contribution is 2.31. The third-order valence-corrected chi connectivity index (χ3v) is 2.86. The summed E-state index contributed by atoms with van der Waals surface area (Å²) in [5, 5.41) is 17.1. The molecular weight excluding hydrogens is 254 g/mol. The Morgan fingerprint density at radius 2 is 2.17 bits per heavy atom. The first-order chi connectivity index (χ1) is 8.47. The summed E-state index contributed by atoms with van der Waals surface area (Å²) in [4.78, 5) is 10.2. The van der Waals surface area contributed by atoms with Crippen LogP contribution in [0.2, 0.25) is 5.02 Å². The van der Waals surface area contributed by atoms with E-state index < -0.39 is 4.92 Å².